The average molecular weight is 389 g/mol. The third kappa shape index (κ3) is 6.21. The van der Waals surface area contributed by atoms with E-state index in [-0.39, 0.29) is 12.4 Å². The van der Waals surface area contributed by atoms with Gasteiger partial charge in [0.2, 0.25) is 0 Å². The van der Waals surface area contributed by atoms with Crippen molar-refractivity contribution < 1.29 is 23.8 Å². The Bertz CT molecular complexity index is 822. The summed E-state index contributed by atoms with van der Waals surface area (Å²) in [6, 6.07) is 11.1. The van der Waals surface area contributed by atoms with Gasteiger partial charge < -0.3 is 19.5 Å². The summed E-state index contributed by atoms with van der Waals surface area (Å²) < 4.78 is 15.4. The first-order chi connectivity index (χ1) is 12.9. The molecule has 2 aromatic carbocycles. The lowest BCUT2D eigenvalue weighted by Crippen LogP contribution is -2.21. The number of esters is 1. The second-order valence-electron chi connectivity index (χ2n) is 5.84. The zero-order valence-corrected chi connectivity index (χ0v) is 16.6. The minimum atomic E-state index is -0.441. The van der Waals surface area contributed by atoms with Crippen LogP contribution in [0.2, 0.25) is 0 Å². The first-order valence-corrected chi connectivity index (χ1v) is 9.29. The molecule has 0 saturated heterocycles. The number of benzene rings is 2. The molecule has 0 aromatic heterocycles. The maximum atomic E-state index is 12.0. The molecule has 0 unspecified atom stereocenters. The molecule has 0 aliphatic rings. The minimum absolute atomic E-state index is 0.147. The molecule has 0 heterocycles. The third-order valence-electron chi connectivity index (χ3n) is 3.72. The molecule has 144 valence electrons. The molecule has 2 aromatic rings. The second kappa shape index (κ2) is 9.87. The first-order valence-electron chi connectivity index (χ1n) is 8.30. The number of thioether (sulfide) groups is 1. The standard InChI is InChI=1S/C20H23NO5S/c1-13-5-6-14(2)18(9-13)27-12-20(23)26-11-19(22)21-15-7-8-16(24-3)17(10-15)25-4/h5-10H,11-12H2,1-4H3,(H,21,22). The number of carbonyl (C=O) groups excluding carboxylic acids is 2. The van der Waals surface area contributed by atoms with Gasteiger partial charge in [-0.2, -0.15) is 0 Å². The van der Waals surface area contributed by atoms with Crippen LogP contribution >= 0.6 is 11.8 Å². The lowest BCUT2D eigenvalue weighted by molar-refractivity contribution is -0.144. The van der Waals surface area contributed by atoms with Gasteiger partial charge >= 0.3 is 5.97 Å². The lowest BCUT2D eigenvalue weighted by Gasteiger charge is -2.11. The van der Waals surface area contributed by atoms with Crippen LogP contribution in [0.4, 0.5) is 5.69 Å². The monoisotopic (exact) mass is 389 g/mol. The summed E-state index contributed by atoms with van der Waals surface area (Å²) in [4.78, 5) is 24.9. The van der Waals surface area contributed by atoms with E-state index in [1.165, 1.54) is 26.0 Å². The van der Waals surface area contributed by atoms with Crippen LogP contribution in [0.15, 0.2) is 41.3 Å². The zero-order chi connectivity index (χ0) is 19.8. The summed E-state index contributed by atoms with van der Waals surface area (Å²) in [5, 5.41) is 2.66. The molecular formula is C20H23NO5S. The highest BCUT2D eigenvalue weighted by molar-refractivity contribution is 8.00. The maximum absolute atomic E-state index is 12.0. The highest BCUT2D eigenvalue weighted by atomic mass is 32.2. The molecule has 0 spiro atoms. The number of rotatable bonds is 8. The minimum Gasteiger partial charge on any atom is -0.493 e. The highest BCUT2D eigenvalue weighted by Crippen LogP contribution is 2.29. The maximum Gasteiger partial charge on any atom is 0.316 e. The lowest BCUT2D eigenvalue weighted by atomic mass is 10.2. The molecule has 0 bridgehead atoms. The fraction of sp³-hybridized carbons (Fsp3) is 0.300. The van der Waals surface area contributed by atoms with E-state index in [2.05, 4.69) is 5.32 Å². The first kappa shape index (κ1) is 20.6. The van der Waals surface area contributed by atoms with Crippen LogP contribution in [0.5, 0.6) is 11.5 Å². The summed E-state index contributed by atoms with van der Waals surface area (Å²) in [5.41, 5.74) is 2.76. The Kier molecular flexibility index (Phi) is 7.55. The van der Waals surface area contributed by atoms with E-state index in [1.807, 2.05) is 32.0 Å². The fourth-order valence-electron chi connectivity index (χ4n) is 2.30. The van der Waals surface area contributed by atoms with Gasteiger partial charge in [0.1, 0.15) is 0 Å². The van der Waals surface area contributed by atoms with E-state index < -0.39 is 11.9 Å². The van der Waals surface area contributed by atoms with Crippen LogP contribution < -0.4 is 14.8 Å². The number of hydrogen-bond donors (Lipinski definition) is 1. The molecule has 27 heavy (non-hydrogen) atoms. The zero-order valence-electron chi connectivity index (χ0n) is 15.8. The molecule has 0 aliphatic heterocycles. The van der Waals surface area contributed by atoms with E-state index in [1.54, 1.807) is 18.2 Å². The Balaban J connectivity index is 1.81. The molecule has 0 aliphatic carbocycles. The van der Waals surface area contributed by atoms with Gasteiger partial charge in [0, 0.05) is 16.6 Å². The topological polar surface area (TPSA) is 73.9 Å². The van der Waals surface area contributed by atoms with Gasteiger partial charge in [0.05, 0.1) is 20.0 Å². The molecule has 2 rings (SSSR count). The third-order valence-corrected chi connectivity index (χ3v) is 4.85. The molecular weight excluding hydrogens is 366 g/mol. The van der Waals surface area contributed by atoms with Gasteiger partial charge in [-0.25, -0.2) is 0 Å². The summed E-state index contributed by atoms with van der Waals surface area (Å²) >= 11 is 1.40. The molecule has 0 radical (unpaired) electrons. The number of hydrogen-bond acceptors (Lipinski definition) is 6. The molecule has 0 atom stereocenters. The molecule has 7 heteroatoms. The number of nitrogens with one attached hydrogen (secondary N) is 1. The number of carbonyl (C=O) groups is 2. The van der Waals surface area contributed by atoms with Crippen LogP contribution in [0.25, 0.3) is 0 Å². The smallest absolute Gasteiger partial charge is 0.316 e. The van der Waals surface area contributed by atoms with Gasteiger partial charge in [-0.3, -0.25) is 9.59 Å². The number of methoxy groups -OCH3 is 2. The van der Waals surface area contributed by atoms with Gasteiger partial charge in [-0.05, 0) is 37.6 Å². The Hall–Kier alpha value is -2.67. The molecule has 0 fully saturated rings. The number of aryl methyl sites for hydroxylation is 2. The van der Waals surface area contributed by atoms with Crippen molar-refractivity contribution >= 4 is 29.3 Å². The van der Waals surface area contributed by atoms with Crippen molar-refractivity contribution in [3.63, 3.8) is 0 Å². The Morgan fingerprint density at radius 1 is 1.00 bits per heavy atom. The normalized spacial score (nSPS) is 10.2. The van der Waals surface area contributed by atoms with Gasteiger partial charge in [0.25, 0.3) is 5.91 Å². The van der Waals surface area contributed by atoms with E-state index in [0.717, 1.165) is 16.0 Å². The summed E-state index contributed by atoms with van der Waals surface area (Å²) in [5.74, 6) is 0.340. The van der Waals surface area contributed by atoms with Crippen molar-refractivity contribution in [2.24, 2.45) is 0 Å². The van der Waals surface area contributed by atoms with Crippen molar-refractivity contribution in [3.05, 3.63) is 47.5 Å². The molecule has 0 saturated carbocycles. The number of amides is 1. The van der Waals surface area contributed by atoms with Crippen LogP contribution in [-0.2, 0) is 14.3 Å². The highest BCUT2D eigenvalue weighted by Gasteiger charge is 2.11. The van der Waals surface area contributed by atoms with Crippen molar-refractivity contribution in [2.45, 2.75) is 18.7 Å². The van der Waals surface area contributed by atoms with E-state index in [4.69, 9.17) is 14.2 Å². The quantitative estimate of drug-likeness (QED) is 0.549. The molecule has 1 N–H and O–H groups in total. The predicted molar refractivity (Wildman–Crippen MR) is 106 cm³/mol. The predicted octanol–water partition coefficient (Wildman–Crippen LogP) is 3.59. The SMILES string of the molecule is COc1ccc(NC(=O)COC(=O)CSc2cc(C)ccc2C)cc1OC. The summed E-state index contributed by atoms with van der Waals surface area (Å²) in [6.07, 6.45) is 0. The van der Waals surface area contributed by atoms with Crippen LogP contribution in [-0.4, -0.2) is 38.5 Å². The number of anilines is 1. The van der Waals surface area contributed by atoms with Crippen LogP contribution in [0.3, 0.4) is 0 Å². The summed E-state index contributed by atoms with van der Waals surface area (Å²) in [7, 11) is 3.05. The van der Waals surface area contributed by atoms with Crippen molar-refractivity contribution in [1.29, 1.82) is 0 Å². The van der Waals surface area contributed by atoms with E-state index >= 15 is 0 Å². The van der Waals surface area contributed by atoms with Crippen molar-refractivity contribution in [2.75, 3.05) is 31.9 Å². The van der Waals surface area contributed by atoms with Crippen LogP contribution in [0.1, 0.15) is 11.1 Å². The van der Waals surface area contributed by atoms with E-state index in [9.17, 15) is 9.59 Å². The van der Waals surface area contributed by atoms with Crippen LogP contribution in [0, 0.1) is 13.8 Å². The van der Waals surface area contributed by atoms with Crippen molar-refractivity contribution in [1.82, 2.24) is 0 Å². The Morgan fingerprint density at radius 2 is 1.74 bits per heavy atom. The Morgan fingerprint density at radius 3 is 2.44 bits per heavy atom. The Labute approximate surface area is 163 Å². The number of ether oxygens (including phenoxy) is 3. The van der Waals surface area contributed by atoms with Gasteiger partial charge in [0.15, 0.2) is 18.1 Å². The largest absolute Gasteiger partial charge is 0.493 e. The fourth-order valence-corrected chi connectivity index (χ4v) is 3.22. The molecule has 1 amide bonds. The van der Waals surface area contributed by atoms with Gasteiger partial charge in [-0.15, -0.1) is 11.8 Å². The average Bonchev–Trinajstić information content (AvgIpc) is 2.66. The summed E-state index contributed by atoms with van der Waals surface area (Å²) in [6.45, 7) is 3.64. The second-order valence-corrected chi connectivity index (χ2v) is 6.85. The van der Waals surface area contributed by atoms with Gasteiger partial charge in [-0.1, -0.05) is 17.7 Å². The molecule has 6 nitrogen and oxygen atoms in total. The van der Waals surface area contributed by atoms with E-state index in [0.29, 0.717) is 17.2 Å². The van der Waals surface area contributed by atoms with Crippen molar-refractivity contribution in [3.8, 4) is 11.5 Å².